The van der Waals surface area contributed by atoms with E-state index in [0.717, 1.165) is 55.0 Å². The van der Waals surface area contributed by atoms with Gasteiger partial charge in [-0.3, -0.25) is 9.47 Å². The van der Waals surface area contributed by atoms with Gasteiger partial charge in [-0.15, -0.1) is 0 Å². The molecule has 0 aliphatic carbocycles. The summed E-state index contributed by atoms with van der Waals surface area (Å²) in [6, 6.07) is 11.8. The molecule has 29 heavy (non-hydrogen) atoms. The standard InChI is InChI=1S/C22H24ClN3O3/c1-14-2-5-20-21(10-14)29-17(13-28-20)12-25-8-6-16(7-9-25)26-19-4-3-15(23)11-18(19)24-22(26)27/h2-5,10-11,16-17H,6-9,12-13H2,1H3,(H,24,27). The second-order valence-corrected chi connectivity index (χ2v) is 8.43. The molecule has 2 aliphatic rings. The van der Waals surface area contributed by atoms with Gasteiger partial charge in [0.2, 0.25) is 0 Å². The topological polar surface area (TPSA) is 59.5 Å². The Morgan fingerprint density at radius 1 is 1.14 bits per heavy atom. The van der Waals surface area contributed by atoms with E-state index in [0.29, 0.717) is 11.6 Å². The number of rotatable bonds is 3. The van der Waals surface area contributed by atoms with Crippen LogP contribution in [0.15, 0.2) is 41.2 Å². The van der Waals surface area contributed by atoms with Gasteiger partial charge in [0.25, 0.3) is 0 Å². The maximum atomic E-state index is 12.5. The number of ether oxygens (including phenoxy) is 2. The largest absolute Gasteiger partial charge is 0.486 e. The van der Waals surface area contributed by atoms with Crippen molar-refractivity contribution < 1.29 is 9.47 Å². The van der Waals surface area contributed by atoms with Crippen molar-refractivity contribution in [3.05, 3.63) is 57.5 Å². The second kappa shape index (κ2) is 7.43. The van der Waals surface area contributed by atoms with Crippen molar-refractivity contribution >= 4 is 22.6 Å². The number of aromatic nitrogens is 2. The molecule has 0 radical (unpaired) electrons. The summed E-state index contributed by atoms with van der Waals surface area (Å²) < 4.78 is 13.9. The number of likely N-dealkylation sites (tertiary alicyclic amines) is 1. The fourth-order valence-corrected chi connectivity index (χ4v) is 4.60. The zero-order valence-electron chi connectivity index (χ0n) is 16.4. The molecule has 1 saturated heterocycles. The Bertz CT molecular complexity index is 1100. The summed E-state index contributed by atoms with van der Waals surface area (Å²) >= 11 is 6.06. The van der Waals surface area contributed by atoms with Crippen LogP contribution in [0.1, 0.15) is 24.4 Å². The predicted octanol–water partition coefficient (Wildman–Crippen LogP) is 3.77. The summed E-state index contributed by atoms with van der Waals surface area (Å²) in [6.45, 7) is 5.31. The predicted molar refractivity (Wildman–Crippen MR) is 113 cm³/mol. The molecule has 1 unspecified atom stereocenters. The van der Waals surface area contributed by atoms with Crippen LogP contribution in [-0.4, -0.2) is 46.8 Å². The summed E-state index contributed by atoms with van der Waals surface area (Å²) in [5.41, 5.74) is 2.83. The molecule has 1 N–H and O–H groups in total. The van der Waals surface area contributed by atoms with E-state index in [9.17, 15) is 4.79 Å². The molecular weight excluding hydrogens is 390 g/mol. The molecule has 0 saturated carbocycles. The molecule has 0 spiro atoms. The number of H-pyrrole nitrogens is 1. The van der Waals surface area contributed by atoms with E-state index < -0.39 is 0 Å². The van der Waals surface area contributed by atoms with Crippen LogP contribution in [0.25, 0.3) is 11.0 Å². The minimum atomic E-state index is -0.0586. The average molecular weight is 414 g/mol. The second-order valence-electron chi connectivity index (χ2n) is 7.99. The van der Waals surface area contributed by atoms with Crippen LogP contribution in [0.3, 0.4) is 0 Å². The quantitative estimate of drug-likeness (QED) is 0.710. The summed E-state index contributed by atoms with van der Waals surface area (Å²) in [5.74, 6) is 1.66. The SMILES string of the molecule is Cc1ccc2c(c1)OC(CN1CCC(n3c(=O)[nH]c4cc(Cl)ccc43)CC1)CO2. The van der Waals surface area contributed by atoms with Crippen molar-refractivity contribution in [2.24, 2.45) is 0 Å². The Morgan fingerprint density at radius 2 is 1.97 bits per heavy atom. The van der Waals surface area contributed by atoms with Crippen LogP contribution in [0.2, 0.25) is 5.02 Å². The fraction of sp³-hybridized carbons (Fsp3) is 0.409. The maximum Gasteiger partial charge on any atom is 0.326 e. The van der Waals surface area contributed by atoms with Gasteiger partial charge in [-0.1, -0.05) is 17.7 Å². The zero-order chi connectivity index (χ0) is 20.0. The van der Waals surface area contributed by atoms with Gasteiger partial charge >= 0.3 is 5.69 Å². The first kappa shape index (κ1) is 18.6. The summed E-state index contributed by atoms with van der Waals surface area (Å²) in [5, 5.41) is 0.632. The molecule has 0 bridgehead atoms. The first-order valence-corrected chi connectivity index (χ1v) is 10.5. The van der Waals surface area contributed by atoms with Crippen LogP contribution < -0.4 is 15.2 Å². The van der Waals surface area contributed by atoms with Crippen LogP contribution in [0.4, 0.5) is 0 Å². The molecule has 1 aromatic heterocycles. The molecule has 7 heteroatoms. The summed E-state index contributed by atoms with van der Waals surface area (Å²) in [6.07, 6.45) is 1.89. The smallest absolute Gasteiger partial charge is 0.326 e. The number of hydrogen-bond acceptors (Lipinski definition) is 4. The molecular formula is C22H24ClN3O3. The number of benzene rings is 2. The van der Waals surface area contributed by atoms with Crippen LogP contribution in [0.5, 0.6) is 11.5 Å². The number of hydrogen-bond donors (Lipinski definition) is 1. The van der Waals surface area contributed by atoms with E-state index in [2.05, 4.69) is 16.8 Å². The monoisotopic (exact) mass is 413 g/mol. The zero-order valence-corrected chi connectivity index (χ0v) is 17.1. The van der Waals surface area contributed by atoms with Gasteiger partial charge in [-0.05, 0) is 55.7 Å². The number of nitrogens with zero attached hydrogens (tertiary/aromatic N) is 2. The molecule has 2 aliphatic heterocycles. The van der Waals surface area contributed by atoms with Crippen LogP contribution >= 0.6 is 11.6 Å². The highest BCUT2D eigenvalue weighted by atomic mass is 35.5. The van der Waals surface area contributed by atoms with Gasteiger partial charge in [-0.25, -0.2) is 4.79 Å². The van der Waals surface area contributed by atoms with Gasteiger partial charge in [-0.2, -0.15) is 0 Å². The lowest BCUT2D eigenvalue weighted by Crippen LogP contribution is -2.45. The minimum Gasteiger partial charge on any atom is -0.486 e. The highest BCUT2D eigenvalue weighted by Crippen LogP contribution is 2.33. The van der Waals surface area contributed by atoms with Crippen molar-refractivity contribution in [3.63, 3.8) is 0 Å². The van der Waals surface area contributed by atoms with Gasteiger partial charge in [0.15, 0.2) is 11.5 Å². The molecule has 1 fully saturated rings. The lowest BCUT2D eigenvalue weighted by molar-refractivity contribution is 0.0485. The molecule has 3 aromatic rings. The number of fused-ring (bicyclic) bond motifs is 2. The Kier molecular flexibility index (Phi) is 4.76. The molecule has 152 valence electrons. The fourth-order valence-electron chi connectivity index (χ4n) is 4.43. The van der Waals surface area contributed by atoms with Crippen molar-refractivity contribution in [1.82, 2.24) is 14.5 Å². The van der Waals surface area contributed by atoms with Gasteiger partial charge in [0.05, 0.1) is 11.0 Å². The van der Waals surface area contributed by atoms with Crippen LogP contribution in [-0.2, 0) is 0 Å². The number of imidazole rings is 1. The minimum absolute atomic E-state index is 0.0267. The summed E-state index contributed by atoms with van der Waals surface area (Å²) in [7, 11) is 0. The highest BCUT2D eigenvalue weighted by molar-refractivity contribution is 6.31. The van der Waals surface area contributed by atoms with Crippen molar-refractivity contribution in [3.8, 4) is 11.5 Å². The molecule has 2 aromatic carbocycles. The van der Waals surface area contributed by atoms with Crippen molar-refractivity contribution in [1.29, 1.82) is 0 Å². The van der Waals surface area contributed by atoms with Crippen molar-refractivity contribution in [2.75, 3.05) is 26.2 Å². The number of aryl methyl sites for hydroxylation is 1. The normalized spacial score (nSPS) is 20.3. The third-order valence-electron chi connectivity index (χ3n) is 5.88. The number of nitrogens with one attached hydrogen (secondary N) is 1. The molecule has 5 rings (SSSR count). The Balaban J connectivity index is 1.24. The lowest BCUT2D eigenvalue weighted by atomic mass is 10.0. The number of piperidine rings is 1. The first-order chi connectivity index (χ1) is 14.1. The molecule has 6 nitrogen and oxygen atoms in total. The maximum absolute atomic E-state index is 12.5. The average Bonchev–Trinajstić information content (AvgIpc) is 3.03. The third-order valence-corrected chi connectivity index (χ3v) is 6.12. The Hall–Kier alpha value is -2.44. The Morgan fingerprint density at radius 3 is 2.79 bits per heavy atom. The summed E-state index contributed by atoms with van der Waals surface area (Å²) in [4.78, 5) is 17.8. The van der Waals surface area contributed by atoms with Crippen molar-refractivity contribution in [2.45, 2.75) is 31.9 Å². The van der Waals surface area contributed by atoms with Gasteiger partial charge in [0, 0.05) is 30.7 Å². The number of aromatic amines is 1. The first-order valence-electron chi connectivity index (χ1n) is 10.1. The molecule has 1 atom stereocenters. The van der Waals surface area contributed by atoms with Gasteiger partial charge in [0.1, 0.15) is 12.7 Å². The number of halogens is 1. The van der Waals surface area contributed by atoms with E-state index in [-0.39, 0.29) is 17.8 Å². The van der Waals surface area contributed by atoms with E-state index in [1.807, 2.05) is 41.0 Å². The van der Waals surface area contributed by atoms with E-state index in [4.69, 9.17) is 21.1 Å². The third kappa shape index (κ3) is 3.63. The molecule has 3 heterocycles. The van der Waals surface area contributed by atoms with E-state index in [1.54, 1.807) is 0 Å². The van der Waals surface area contributed by atoms with Crippen LogP contribution in [0, 0.1) is 6.92 Å². The van der Waals surface area contributed by atoms with E-state index in [1.165, 1.54) is 5.56 Å². The van der Waals surface area contributed by atoms with Gasteiger partial charge < -0.3 is 14.5 Å². The Labute approximate surface area is 174 Å². The molecule has 0 amide bonds. The highest BCUT2D eigenvalue weighted by Gasteiger charge is 2.28. The van der Waals surface area contributed by atoms with E-state index >= 15 is 0 Å². The lowest BCUT2D eigenvalue weighted by Gasteiger charge is -2.36.